The number of pyridine rings is 1. The lowest BCUT2D eigenvalue weighted by Gasteiger charge is -2.20. The fourth-order valence-electron chi connectivity index (χ4n) is 2.75. The minimum atomic E-state index is -0.243. The number of anilines is 1. The molecule has 9 nitrogen and oxygen atoms in total. The lowest BCUT2D eigenvalue weighted by Crippen LogP contribution is -2.27. The molecule has 0 aliphatic rings. The molecule has 0 bridgehead atoms. The Kier molecular flexibility index (Phi) is 4.67. The molecule has 4 aromatic rings. The van der Waals surface area contributed by atoms with Crippen molar-refractivity contribution in [1.82, 2.24) is 24.6 Å². The summed E-state index contributed by atoms with van der Waals surface area (Å²) in [5.41, 5.74) is 0.731. The number of rotatable bonds is 5. The number of aromatic nitrogens is 5. The summed E-state index contributed by atoms with van der Waals surface area (Å²) >= 11 is 0. The molecule has 9 heteroatoms. The topological polar surface area (TPSA) is 111 Å². The Morgan fingerprint density at radius 3 is 2.66 bits per heavy atom. The smallest absolute Gasteiger partial charge is 0.227 e. The summed E-state index contributed by atoms with van der Waals surface area (Å²) in [7, 11) is 0. The van der Waals surface area contributed by atoms with Crippen LogP contribution < -0.4 is 10.1 Å². The number of hydrogen-bond acceptors (Lipinski definition) is 8. The molecular formula is C20H22N6O3. The first-order chi connectivity index (χ1) is 13.8. The van der Waals surface area contributed by atoms with E-state index in [2.05, 4.69) is 25.4 Å². The van der Waals surface area contributed by atoms with Crippen molar-refractivity contribution in [3.05, 3.63) is 48.0 Å². The molecule has 0 fully saturated rings. The predicted molar refractivity (Wildman–Crippen MR) is 107 cm³/mol. The Morgan fingerprint density at radius 2 is 1.97 bits per heavy atom. The molecule has 0 radical (unpaired) electrons. The zero-order valence-corrected chi connectivity index (χ0v) is 16.7. The van der Waals surface area contributed by atoms with Gasteiger partial charge in [0.25, 0.3) is 0 Å². The Bertz CT molecular complexity index is 1160. The maximum atomic E-state index is 9.30. The van der Waals surface area contributed by atoms with Crippen LogP contribution in [0, 0.1) is 6.92 Å². The van der Waals surface area contributed by atoms with Crippen LogP contribution in [0.3, 0.4) is 0 Å². The van der Waals surface area contributed by atoms with E-state index in [-0.39, 0.29) is 12.1 Å². The predicted octanol–water partition coefficient (Wildman–Crippen LogP) is 3.58. The zero-order chi connectivity index (χ0) is 20.6. The summed E-state index contributed by atoms with van der Waals surface area (Å²) in [6, 6.07) is 8.89. The highest BCUT2D eigenvalue weighted by Gasteiger charge is 2.20. The molecule has 0 unspecified atom stereocenters. The molecule has 4 heterocycles. The molecule has 4 rings (SSSR count). The van der Waals surface area contributed by atoms with Gasteiger partial charge in [0.15, 0.2) is 11.5 Å². The minimum Gasteiger partial charge on any atom is -0.458 e. The average Bonchev–Trinajstić information content (AvgIpc) is 3.27. The van der Waals surface area contributed by atoms with Crippen LogP contribution in [0.15, 0.2) is 40.9 Å². The Hall–Kier alpha value is -3.46. The summed E-state index contributed by atoms with van der Waals surface area (Å²) in [6.07, 6.45) is 1.55. The summed E-state index contributed by atoms with van der Waals surface area (Å²) in [5, 5.41) is 17.0. The molecule has 0 aliphatic heterocycles. The fraction of sp³-hybridized carbons (Fsp3) is 0.300. The molecule has 0 aromatic carbocycles. The zero-order valence-electron chi connectivity index (χ0n) is 16.7. The van der Waals surface area contributed by atoms with Crippen molar-refractivity contribution >= 4 is 11.6 Å². The molecule has 0 atom stereocenters. The van der Waals surface area contributed by atoms with Crippen LogP contribution in [-0.4, -0.2) is 35.2 Å². The number of ether oxygens (including phenoxy) is 1. The molecule has 0 aliphatic carbocycles. The van der Waals surface area contributed by atoms with Gasteiger partial charge in [0, 0.05) is 11.6 Å². The van der Waals surface area contributed by atoms with Crippen molar-refractivity contribution < 1.29 is 14.3 Å². The van der Waals surface area contributed by atoms with Crippen molar-refractivity contribution in [1.29, 1.82) is 0 Å². The average molecular weight is 394 g/mol. The van der Waals surface area contributed by atoms with Gasteiger partial charge in [-0.3, -0.25) is 0 Å². The van der Waals surface area contributed by atoms with E-state index < -0.39 is 0 Å². The number of aliphatic hydroxyl groups is 1. The van der Waals surface area contributed by atoms with Gasteiger partial charge in [0.1, 0.15) is 5.76 Å². The SMILES string of the molecule is Cc1ccc(-c2nc(NC(C)(C)C)nc3c(Oc4cccc(CO)n4)cnn23)o1. The van der Waals surface area contributed by atoms with Gasteiger partial charge in [0.2, 0.25) is 23.3 Å². The Labute approximate surface area is 167 Å². The number of hydrogen-bond donors (Lipinski definition) is 2. The largest absolute Gasteiger partial charge is 0.458 e. The van der Waals surface area contributed by atoms with Gasteiger partial charge in [-0.15, -0.1) is 0 Å². The Balaban J connectivity index is 1.83. The van der Waals surface area contributed by atoms with Crippen molar-refractivity contribution in [2.45, 2.75) is 39.8 Å². The quantitative estimate of drug-likeness (QED) is 0.528. The van der Waals surface area contributed by atoms with Gasteiger partial charge in [-0.2, -0.15) is 19.6 Å². The van der Waals surface area contributed by atoms with Crippen LogP contribution in [0.1, 0.15) is 32.2 Å². The van der Waals surface area contributed by atoms with Gasteiger partial charge < -0.3 is 19.6 Å². The summed E-state index contributed by atoms with van der Waals surface area (Å²) in [5.74, 6) is 3.02. The van der Waals surface area contributed by atoms with E-state index in [0.29, 0.717) is 40.5 Å². The van der Waals surface area contributed by atoms with Gasteiger partial charge in [-0.05, 0) is 45.9 Å². The van der Waals surface area contributed by atoms with E-state index in [1.165, 1.54) is 0 Å². The molecule has 0 saturated carbocycles. The third-order valence-electron chi connectivity index (χ3n) is 3.94. The van der Waals surface area contributed by atoms with Crippen LogP contribution >= 0.6 is 0 Å². The second-order valence-electron chi connectivity index (χ2n) is 7.63. The van der Waals surface area contributed by atoms with Crippen molar-refractivity contribution in [3.8, 4) is 23.2 Å². The van der Waals surface area contributed by atoms with Crippen LogP contribution in [0.4, 0.5) is 5.95 Å². The highest BCUT2D eigenvalue weighted by Crippen LogP contribution is 2.29. The normalized spacial score (nSPS) is 11.8. The van der Waals surface area contributed by atoms with Crippen LogP contribution in [0.2, 0.25) is 0 Å². The summed E-state index contributed by atoms with van der Waals surface area (Å²) in [4.78, 5) is 13.4. The molecular weight excluding hydrogens is 372 g/mol. The number of aryl methyl sites for hydroxylation is 1. The number of nitrogens with zero attached hydrogens (tertiary/aromatic N) is 5. The highest BCUT2D eigenvalue weighted by molar-refractivity contribution is 5.62. The van der Waals surface area contributed by atoms with E-state index in [9.17, 15) is 5.11 Å². The summed E-state index contributed by atoms with van der Waals surface area (Å²) in [6.45, 7) is 7.77. The first-order valence-electron chi connectivity index (χ1n) is 9.18. The van der Waals surface area contributed by atoms with Crippen LogP contribution in [0.25, 0.3) is 17.2 Å². The van der Waals surface area contributed by atoms with Crippen molar-refractivity contribution in [2.75, 3.05) is 5.32 Å². The third-order valence-corrected chi connectivity index (χ3v) is 3.94. The standard InChI is InChI=1S/C20H22N6O3/c1-12-8-9-14(28-12)17-23-19(25-20(2,3)4)24-18-15(10-21-26(17)18)29-16-7-5-6-13(11-27)22-16/h5-10,27H,11H2,1-4H3,(H,24,25). The van der Waals surface area contributed by atoms with Crippen molar-refractivity contribution in [3.63, 3.8) is 0 Å². The number of aliphatic hydroxyl groups excluding tert-OH is 1. The second-order valence-corrected chi connectivity index (χ2v) is 7.63. The van der Waals surface area contributed by atoms with Crippen LogP contribution in [0.5, 0.6) is 11.6 Å². The lowest BCUT2D eigenvalue weighted by atomic mass is 10.1. The van der Waals surface area contributed by atoms with Crippen LogP contribution in [-0.2, 0) is 6.61 Å². The third kappa shape index (κ3) is 4.04. The number of nitrogens with one attached hydrogen (secondary N) is 1. The Morgan fingerprint density at radius 1 is 1.14 bits per heavy atom. The lowest BCUT2D eigenvalue weighted by molar-refractivity contribution is 0.275. The van der Waals surface area contributed by atoms with E-state index in [4.69, 9.17) is 9.15 Å². The molecule has 0 saturated heterocycles. The molecule has 4 aromatic heterocycles. The van der Waals surface area contributed by atoms with Gasteiger partial charge in [0.05, 0.1) is 18.5 Å². The highest BCUT2D eigenvalue weighted by atomic mass is 16.5. The molecule has 150 valence electrons. The molecule has 2 N–H and O–H groups in total. The van der Waals surface area contributed by atoms with E-state index in [0.717, 1.165) is 5.76 Å². The summed E-state index contributed by atoms with van der Waals surface area (Å²) < 4.78 is 13.2. The first kappa shape index (κ1) is 18.9. The molecule has 0 spiro atoms. The first-order valence-corrected chi connectivity index (χ1v) is 9.18. The fourth-order valence-corrected chi connectivity index (χ4v) is 2.75. The van der Waals surface area contributed by atoms with Gasteiger partial charge in [-0.25, -0.2) is 4.98 Å². The maximum absolute atomic E-state index is 9.30. The second kappa shape index (κ2) is 7.17. The monoisotopic (exact) mass is 394 g/mol. The van der Waals surface area contributed by atoms with E-state index >= 15 is 0 Å². The number of furan rings is 1. The maximum Gasteiger partial charge on any atom is 0.227 e. The minimum absolute atomic E-state index is 0.171. The van der Waals surface area contributed by atoms with E-state index in [1.54, 1.807) is 28.9 Å². The molecule has 0 amide bonds. The van der Waals surface area contributed by atoms with Crippen molar-refractivity contribution in [2.24, 2.45) is 0 Å². The van der Waals surface area contributed by atoms with E-state index in [1.807, 2.05) is 39.8 Å². The molecule has 29 heavy (non-hydrogen) atoms. The van der Waals surface area contributed by atoms with Gasteiger partial charge in [-0.1, -0.05) is 6.07 Å². The number of fused-ring (bicyclic) bond motifs is 1. The van der Waals surface area contributed by atoms with Gasteiger partial charge >= 0.3 is 0 Å².